The maximum absolute atomic E-state index is 4.93. The van der Waals surface area contributed by atoms with E-state index in [2.05, 4.69) is 94.9 Å². The van der Waals surface area contributed by atoms with Crippen molar-refractivity contribution in [3.63, 3.8) is 0 Å². The van der Waals surface area contributed by atoms with Gasteiger partial charge in [0.2, 0.25) is 0 Å². The summed E-state index contributed by atoms with van der Waals surface area (Å²) >= 11 is -0.826. The van der Waals surface area contributed by atoms with E-state index in [4.69, 9.17) is 17.0 Å². The average molecular weight is 496 g/mol. The van der Waals surface area contributed by atoms with Crippen LogP contribution in [0.5, 0.6) is 0 Å². The second-order valence-electron chi connectivity index (χ2n) is 6.19. The first-order valence-electron chi connectivity index (χ1n) is 9.00. The van der Waals surface area contributed by atoms with Crippen molar-refractivity contribution in [3.05, 3.63) is 96.1 Å². The number of nitrogens with zero attached hydrogens (tertiary/aromatic N) is 1. The molecule has 141 valence electrons. The van der Waals surface area contributed by atoms with Gasteiger partial charge in [0.05, 0.1) is 0 Å². The number of nitrogens with one attached hydrogen (secondary N) is 1. The van der Waals surface area contributed by atoms with Gasteiger partial charge in [0, 0.05) is 31.7 Å². The van der Waals surface area contributed by atoms with Crippen molar-refractivity contribution in [1.82, 2.24) is 9.88 Å². The number of benzene rings is 2. The molecule has 1 radical (unpaired) electrons. The minimum absolute atomic E-state index is 0.243. The van der Waals surface area contributed by atoms with Crippen molar-refractivity contribution in [3.8, 4) is 0 Å². The fourth-order valence-electron chi connectivity index (χ4n) is 2.87. The van der Waals surface area contributed by atoms with E-state index in [0.29, 0.717) is 5.54 Å². The standard InChI is InChI=1S/C21H25N2Si.2ClH.Zr/c1-3-9-19(10-4-1)17-22-15-16-23(24-21-13-7-8-14-21)18-20-11-5-2-6-12-20;;;/h1-14,21-22,24H,15-18H2;2*1H;/q;;;+2/p-2. The summed E-state index contributed by atoms with van der Waals surface area (Å²) in [6.45, 7) is 4.10. The second-order valence-corrected chi connectivity index (χ2v) is 11.7. The average Bonchev–Trinajstić information content (AvgIpc) is 3.20. The normalized spacial score (nSPS) is 12.9. The zero-order chi connectivity index (χ0) is 19.2. The molecular formula is C21H25Cl2N2SiZr. The van der Waals surface area contributed by atoms with Gasteiger partial charge in [0.25, 0.3) is 0 Å². The van der Waals surface area contributed by atoms with Gasteiger partial charge in [-0.2, -0.15) is 0 Å². The third-order valence-corrected chi connectivity index (χ3v) is 5.79. The van der Waals surface area contributed by atoms with Crippen LogP contribution in [0, 0.1) is 0 Å². The summed E-state index contributed by atoms with van der Waals surface area (Å²) in [5, 5.41) is 3.58. The zero-order valence-corrected chi connectivity index (χ0v) is 20.4. The summed E-state index contributed by atoms with van der Waals surface area (Å²) in [6.07, 6.45) is 8.99. The molecule has 0 aliphatic heterocycles. The summed E-state index contributed by atoms with van der Waals surface area (Å²) in [7, 11) is 10.1. The molecule has 0 amide bonds. The molecule has 1 aliphatic rings. The van der Waals surface area contributed by atoms with Crippen molar-refractivity contribution in [2.75, 3.05) is 13.1 Å². The first-order chi connectivity index (χ1) is 13.3. The number of allylic oxidation sites excluding steroid dienone is 4. The van der Waals surface area contributed by atoms with Gasteiger partial charge in [0.15, 0.2) is 0 Å². The van der Waals surface area contributed by atoms with Crippen molar-refractivity contribution < 1.29 is 20.8 Å². The second kappa shape index (κ2) is 14.5. The van der Waals surface area contributed by atoms with E-state index in [-0.39, 0.29) is 9.68 Å². The molecule has 0 saturated heterocycles. The van der Waals surface area contributed by atoms with E-state index in [1.807, 2.05) is 0 Å². The Hall–Kier alpha value is -0.480. The Balaban J connectivity index is 0.000000817. The Morgan fingerprint density at radius 3 is 2.04 bits per heavy atom. The third kappa shape index (κ3) is 10.0. The summed E-state index contributed by atoms with van der Waals surface area (Å²) < 4.78 is 2.62. The molecule has 1 aliphatic carbocycles. The van der Waals surface area contributed by atoms with Crippen molar-refractivity contribution in [1.29, 1.82) is 0 Å². The van der Waals surface area contributed by atoms with Crippen LogP contribution in [-0.2, 0) is 33.9 Å². The molecule has 27 heavy (non-hydrogen) atoms. The molecule has 2 nitrogen and oxygen atoms in total. The summed E-state index contributed by atoms with van der Waals surface area (Å²) in [5.41, 5.74) is 3.38. The molecule has 0 bridgehead atoms. The molecule has 2 aromatic rings. The Kier molecular flexibility index (Phi) is 12.3. The number of rotatable bonds is 9. The minimum atomic E-state index is -0.826. The molecule has 1 N–H and O–H groups in total. The SMILES string of the molecule is C1=CC([SiH]N(CCNCc2ccccc2)Cc2ccccc2)C=C1.[Cl][Zr][Cl]. The molecule has 0 atom stereocenters. The van der Waals surface area contributed by atoms with Crippen LogP contribution in [0.2, 0.25) is 5.54 Å². The van der Waals surface area contributed by atoms with Gasteiger partial charge >= 0.3 is 37.9 Å². The molecule has 0 spiro atoms. The van der Waals surface area contributed by atoms with Gasteiger partial charge in [-0.3, -0.25) is 0 Å². The van der Waals surface area contributed by atoms with Gasteiger partial charge in [0.1, 0.15) is 9.68 Å². The maximum atomic E-state index is 4.93. The van der Waals surface area contributed by atoms with E-state index in [0.717, 1.165) is 26.2 Å². The molecule has 3 rings (SSSR count). The van der Waals surface area contributed by atoms with Crippen LogP contribution in [0.25, 0.3) is 0 Å². The Labute approximate surface area is 184 Å². The third-order valence-electron chi connectivity index (χ3n) is 4.14. The fraction of sp³-hybridized carbons (Fsp3) is 0.238. The monoisotopic (exact) mass is 493 g/mol. The van der Waals surface area contributed by atoms with Crippen LogP contribution in [0.1, 0.15) is 11.1 Å². The number of hydrogen-bond donors (Lipinski definition) is 1. The molecule has 0 unspecified atom stereocenters. The molecule has 0 fully saturated rings. The first-order valence-corrected chi connectivity index (χ1v) is 16.5. The fourth-order valence-corrected chi connectivity index (χ4v) is 4.40. The predicted octanol–water partition coefficient (Wildman–Crippen LogP) is 4.92. The van der Waals surface area contributed by atoms with Crippen LogP contribution >= 0.6 is 17.0 Å². The first kappa shape index (κ1) is 22.8. The molecule has 6 heteroatoms. The van der Waals surface area contributed by atoms with Crippen molar-refractivity contribution in [2.24, 2.45) is 0 Å². The van der Waals surface area contributed by atoms with Gasteiger partial charge in [-0.05, 0) is 11.1 Å². The Morgan fingerprint density at radius 2 is 1.44 bits per heavy atom. The van der Waals surface area contributed by atoms with E-state index in [1.54, 1.807) is 0 Å². The topological polar surface area (TPSA) is 15.3 Å². The molecule has 0 aromatic heterocycles. The molecular weight excluding hydrogens is 470 g/mol. The van der Waals surface area contributed by atoms with Gasteiger partial charge in [-0.15, -0.1) is 0 Å². The van der Waals surface area contributed by atoms with Gasteiger partial charge in [-0.25, -0.2) is 0 Å². The molecule has 2 aromatic carbocycles. The van der Waals surface area contributed by atoms with Gasteiger partial charge < -0.3 is 9.88 Å². The van der Waals surface area contributed by atoms with Gasteiger partial charge in [-0.1, -0.05) is 85.0 Å². The predicted molar refractivity (Wildman–Crippen MR) is 116 cm³/mol. The van der Waals surface area contributed by atoms with Crippen molar-refractivity contribution in [2.45, 2.75) is 18.6 Å². The number of hydrogen-bond acceptors (Lipinski definition) is 2. The van der Waals surface area contributed by atoms with E-state index in [1.165, 1.54) is 11.1 Å². The van der Waals surface area contributed by atoms with E-state index in [9.17, 15) is 0 Å². The van der Waals surface area contributed by atoms with Crippen LogP contribution in [0.15, 0.2) is 85.0 Å². The van der Waals surface area contributed by atoms with Crippen LogP contribution in [-0.4, -0.2) is 27.3 Å². The van der Waals surface area contributed by atoms with E-state index >= 15 is 0 Å². The quantitative estimate of drug-likeness (QED) is 0.392. The van der Waals surface area contributed by atoms with Crippen LogP contribution < -0.4 is 5.32 Å². The number of halogens is 2. The summed E-state index contributed by atoms with van der Waals surface area (Å²) in [6, 6.07) is 21.4. The molecule has 0 heterocycles. The summed E-state index contributed by atoms with van der Waals surface area (Å²) in [5.74, 6) is 0. The Morgan fingerprint density at radius 1 is 0.889 bits per heavy atom. The summed E-state index contributed by atoms with van der Waals surface area (Å²) in [4.78, 5) is 0. The Bertz CT molecular complexity index is 671. The van der Waals surface area contributed by atoms with Crippen LogP contribution in [0.4, 0.5) is 0 Å². The van der Waals surface area contributed by atoms with Crippen molar-refractivity contribution >= 4 is 26.7 Å². The van der Waals surface area contributed by atoms with E-state index < -0.39 is 20.8 Å². The van der Waals surface area contributed by atoms with Crippen LogP contribution in [0.3, 0.4) is 0 Å². The zero-order valence-electron chi connectivity index (χ0n) is 15.3. The molecule has 0 saturated carbocycles.